The first-order chi connectivity index (χ1) is 19.8. The van der Waals surface area contributed by atoms with E-state index in [2.05, 4.69) is 43.3 Å². The Balaban J connectivity index is 1.06. The Morgan fingerprint density at radius 2 is 1.98 bits per heavy atom. The largest absolute Gasteiger partial charge is 0.417 e. The van der Waals surface area contributed by atoms with Crippen LogP contribution in [0.1, 0.15) is 70.3 Å². The zero-order valence-electron chi connectivity index (χ0n) is 24.0. The monoisotopic (exact) mass is 603 g/mol. The van der Waals surface area contributed by atoms with Crippen LogP contribution in [0, 0.1) is 11.8 Å². The number of hydrogen-bond donors (Lipinski definition) is 3. The maximum Gasteiger partial charge on any atom is 0.417 e. The Morgan fingerprint density at radius 1 is 1.21 bits per heavy atom. The van der Waals surface area contributed by atoms with E-state index in [1.54, 1.807) is 0 Å². The van der Waals surface area contributed by atoms with Crippen molar-refractivity contribution < 1.29 is 18.3 Å². The third-order valence-electron chi connectivity index (χ3n) is 9.38. The number of nitrogens with one attached hydrogen (secondary N) is 1. The minimum absolute atomic E-state index is 0.0941. The Kier molecular flexibility index (Phi) is 7.42. The van der Waals surface area contributed by atoms with Gasteiger partial charge in [-0.25, -0.2) is 15.0 Å². The van der Waals surface area contributed by atoms with Gasteiger partial charge in [-0.2, -0.15) is 13.2 Å². The van der Waals surface area contributed by atoms with E-state index in [1.165, 1.54) is 12.4 Å². The molecule has 0 saturated heterocycles. The second kappa shape index (κ2) is 10.7. The highest BCUT2D eigenvalue weighted by atomic mass is 35.5. The van der Waals surface area contributed by atoms with Crippen LogP contribution in [0.25, 0.3) is 22.1 Å². The van der Waals surface area contributed by atoms with Crippen molar-refractivity contribution in [2.24, 2.45) is 11.8 Å². The number of anilines is 1. The van der Waals surface area contributed by atoms with E-state index < -0.39 is 17.3 Å². The van der Waals surface area contributed by atoms with Gasteiger partial charge < -0.3 is 20.4 Å². The quantitative estimate of drug-likeness (QED) is 0.215. The zero-order chi connectivity index (χ0) is 30.0. The SMILES string of the molecule is CC(C)N(C[C@H]1C[C@@H](n2ccc3c(N)ncnc32)[C@@](C)(O)C1)C1CC(CCc2nc3cc(Cl)c(C(F)(F)F)cc3[nH]2)C1. The number of nitrogens with two attached hydrogens (primary N) is 1. The van der Waals surface area contributed by atoms with Gasteiger partial charge in [0.2, 0.25) is 0 Å². The highest BCUT2D eigenvalue weighted by molar-refractivity contribution is 6.32. The molecule has 12 heteroatoms. The smallest absolute Gasteiger partial charge is 0.388 e. The van der Waals surface area contributed by atoms with Crippen LogP contribution in [0.3, 0.4) is 0 Å². The van der Waals surface area contributed by atoms with Crippen molar-refractivity contribution in [2.45, 2.75) is 89.2 Å². The van der Waals surface area contributed by atoms with Crippen molar-refractivity contribution in [3.8, 4) is 0 Å². The number of fused-ring (bicyclic) bond motifs is 2. The van der Waals surface area contributed by atoms with E-state index in [0.717, 1.165) is 49.3 Å². The molecule has 2 fully saturated rings. The molecule has 0 unspecified atom stereocenters. The summed E-state index contributed by atoms with van der Waals surface area (Å²) in [5.74, 6) is 2.01. The number of alkyl halides is 3. The molecule has 0 bridgehead atoms. The highest BCUT2D eigenvalue weighted by Gasteiger charge is 2.46. The molecule has 2 aliphatic rings. The third kappa shape index (κ3) is 5.46. The molecule has 4 N–H and O–H groups in total. The van der Waals surface area contributed by atoms with Crippen molar-refractivity contribution in [3.63, 3.8) is 0 Å². The molecule has 3 aromatic heterocycles. The molecule has 42 heavy (non-hydrogen) atoms. The maximum atomic E-state index is 13.2. The van der Waals surface area contributed by atoms with E-state index in [9.17, 15) is 18.3 Å². The maximum absolute atomic E-state index is 13.2. The van der Waals surface area contributed by atoms with Crippen LogP contribution >= 0.6 is 11.6 Å². The number of imidazole rings is 1. The number of nitrogens with zero attached hydrogens (tertiary/aromatic N) is 5. The summed E-state index contributed by atoms with van der Waals surface area (Å²) >= 11 is 5.86. The fraction of sp³-hybridized carbons (Fsp3) is 0.567. The number of halogens is 4. The van der Waals surface area contributed by atoms with Crippen LogP contribution in [0.4, 0.5) is 19.0 Å². The number of aryl methyl sites for hydroxylation is 1. The number of nitrogen functional groups attached to an aromatic ring is 1. The molecule has 0 radical (unpaired) electrons. The first-order valence-electron chi connectivity index (χ1n) is 14.6. The minimum atomic E-state index is -4.50. The molecule has 3 atom stereocenters. The number of benzene rings is 1. The predicted octanol–water partition coefficient (Wildman–Crippen LogP) is 6.39. The normalized spacial score (nSPS) is 26.6. The lowest BCUT2D eigenvalue weighted by Crippen LogP contribution is -2.49. The van der Waals surface area contributed by atoms with Crippen molar-refractivity contribution >= 4 is 39.5 Å². The molecule has 4 aromatic rings. The Bertz CT molecular complexity index is 1590. The van der Waals surface area contributed by atoms with E-state index in [1.807, 2.05) is 19.2 Å². The second-order valence-corrected chi connectivity index (χ2v) is 13.2. The lowest BCUT2D eigenvalue weighted by molar-refractivity contribution is -0.137. The summed E-state index contributed by atoms with van der Waals surface area (Å²) < 4.78 is 41.7. The Morgan fingerprint density at radius 3 is 2.69 bits per heavy atom. The molecule has 6 rings (SSSR count). The molecule has 0 aliphatic heterocycles. The van der Waals surface area contributed by atoms with Crippen LogP contribution in [0.5, 0.6) is 0 Å². The van der Waals surface area contributed by atoms with E-state index in [0.29, 0.717) is 59.4 Å². The average Bonchev–Trinajstić information content (AvgIpc) is 3.55. The standard InChI is InChI=1S/C30H37ClF3N7O/c1-16(2)41(14-18-10-25(29(3,42)13-18)40-7-6-20-27(35)36-15-37-28(20)40)19-8-17(9-19)4-5-26-38-23-11-21(30(32,33)34)22(31)12-24(23)39-26/h6-7,11-12,15-19,25,42H,4-5,8-10,13-14H2,1-3H3,(H,38,39)(H2,35,36,37)/t17?,18-,19?,25+,29-/m0/s1. The number of aromatic amines is 1. The van der Waals surface area contributed by atoms with Gasteiger partial charge in [0, 0.05) is 31.2 Å². The first-order valence-corrected chi connectivity index (χ1v) is 15.0. The van der Waals surface area contributed by atoms with Crippen molar-refractivity contribution in [1.82, 2.24) is 29.4 Å². The van der Waals surface area contributed by atoms with Gasteiger partial charge in [0.25, 0.3) is 0 Å². The number of aromatic nitrogens is 5. The molecule has 2 aliphatic carbocycles. The van der Waals surface area contributed by atoms with Crippen LogP contribution < -0.4 is 5.73 Å². The van der Waals surface area contributed by atoms with Crippen molar-refractivity contribution in [3.05, 3.63) is 47.1 Å². The van der Waals surface area contributed by atoms with E-state index >= 15 is 0 Å². The van der Waals surface area contributed by atoms with Gasteiger partial charge >= 0.3 is 6.18 Å². The third-order valence-corrected chi connectivity index (χ3v) is 9.69. The summed E-state index contributed by atoms with van der Waals surface area (Å²) in [6, 6.07) is 5.01. The predicted molar refractivity (Wildman–Crippen MR) is 157 cm³/mol. The molecule has 0 amide bonds. The lowest BCUT2D eigenvalue weighted by Gasteiger charge is -2.46. The molecular weight excluding hydrogens is 567 g/mol. The lowest BCUT2D eigenvalue weighted by atomic mass is 9.76. The summed E-state index contributed by atoms with van der Waals surface area (Å²) in [6.45, 7) is 7.30. The summed E-state index contributed by atoms with van der Waals surface area (Å²) in [7, 11) is 0. The minimum Gasteiger partial charge on any atom is -0.388 e. The number of rotatable bonds is 8. The van der Waals surface area contributed by atoms with Gasteiger partial charge in [0.15, 0.2) is 0 Å². The van der Waals surface area contributed by atoms with Gasteiger partial charge in [-0.1, -0.05) is 11.6 Å². The molecule has 226 valence electrons. The molecule has 2 saturated carbocycles. The van der Waals surface area contributed by atoms with Gasteiger partial charge in [0.05, 0.1) is 38.6 Å². The van der Waals surface area contributed by atoms with E-state index in [-0.39, 0.29) is 11.1 Å². The van der Waals surface area contributed by atoms with Crippen molar-refractivity contribution in [1.29, 1.82) is 0 Å². The van der Waals surface area contributed by atoms with Crippen LogP contribution in [-0.4, -0.2) is 58.7 Å². The molecule has 0 spiro atoms. The second-order valence-electron chi connectivity index (χ2n) is 12.7. The van der Waals surface area contributed by atoms with Crippen molar-refractivity contribution in [2.75, 3.05) is 12.3 Å². The Hall–Kier alpha value is -2.89. The van der Waals surface area contributed by atoms with Gasteiger partial charge in [-0.3, -0.25) is 4.90 Å². The summed E-state index contributed by atoms with van der Waals surface area (Å²) in [4.78, 5) is 18.7. The fourth-order valence-corrected chi connectivity index (χ4v) is 7.48. The molecule has 8 nitrogen and oxygen atoms in total. The molecular formula is C30H37ClF3N7O. The number of hydrogen-bond acceptors (Lipinski definition) is 6. The zero-order valence-corrected chi connectivity index (χ0v) is 24.8. The van der Waals surface area contributed by atoms with Crippen LogP contribution in [-0.2, 0) is 12.6 Å². The highest BCUT2D eigenvalue weighted by Crippen LogP contribution is 2.46. The first kappa shape index (κ1) is 29.2. The summed E-state index contributed by atoms with van der Waals surface area (Å²) in [5.41, 5.74) is 5.90. The van der Waals surface area contributed by atoms with Crippen LogP contribution in [0.15, 0.2) is 30.7 Å². The van der Waals surface area contributed by atoms with Gasteiger partial charge in [0.1, 0.15) is 23.6 Å². The summed E-state index contributed by atoms with van der Waals surface area (Å²) in [5, 5.41) is 11.9. The molecule has 3 heterocycles. The number of aliphatic hydroxyl groups is 1. The molecule has 1 aromatic carbocycles. The summed E-state index contributed by atoms with van der Waals surface area (Å²) in [6.07, 6.45) is 4.24. The topological polar surface area (TPSA) is 109 Å². The van der Waals surface area contributed by atoms with E-state index in [4.69, 9.17) is 17.3 Å². The van der Waals surface area contributed by atoms with Gasteiger partial charge in [-0.15, -0.1) is 0 Å². The number of H-pyrrole nitrogens is 1. The fourth-order valence-electron chi connectivity index (χ4n) is 7.22. The average molecular weight is 604 g/mol. The Labute approximate surface area is 247 Å². The van der Waals surface area contributed by atoms with Crippen LogP contribution in [0.2, 0.25) is 5.02 Å². The van der Waals surface area contributed by atoms with Gasteiger partial charge in [-0.05, 0) is 82.9 Å².